The van der Waals surface area contributed by atoms with Crippen LogP contribution in [0.2, 0.25) is 0 Å². The van der Waals surface area contributed by atoms with Gasteiger partial charge >= 0.3 is 6.09 Å². The maximum absolute atomic E-state index is 11.6. The highest BCUT2D eigenvalue weighted by atomic mass is 127. The van der Waals surface area contributed by atoms with E-state index in [4.69, 9.17) is 9.47 Å². The van der Waals surface area contributed by atoms with Crippen molar-refractivity contribution in [3.8, 4) is 0 Å². The van der Waals surface area contributed by atoms with Gasteiger partial charge in [0.1, 0.15) is 5.60 Å². The number of nitrogens with one attached hydrogen (secondary N) is 3. The van der Waals surface area contributed by atoms with Crippen molar-refractivity contribution in [1.82, 2.24) is 16.0 Å². The Bertz CT molecular complexity index is 646. The molecule has 0 saturated heterocycles. The van der Waals surface area contributed by atoms with Gasteiger partial charge in [-0.05, 0) is 59.1 Å². The summed E-state index contributed by atoms with van der Waals surface area (Å²) in [5.74, 6) is 0.758. The van der Waals surface area contributed by atoms with Crippen molar-refractivity contribution in [3.63, 3.8) is 0 Å². The molecule has 1 aromatic carbocycles. The van der Waals surface area contributed by atoms with E-state index in [9.17, 15) is 4.79 Å². The van der Waals surface area contributed by atoms with Gasteiger partial charge in [0.05, 0.1) is 19.3 Å². The molecule has 0 spiro atoms. The smallest absolute Gasteiger partial charge is 0.407 e. The molecule has 7 nitrogen and oxygen atoms in total. The fourth-order valence-corrected chi connectivity index (χ4v) is 2.39. The van der Waals surface area contributed by atoms with Crippen LogP contribution in [0, 0.1) is 0 Å². The van der Waals surface area contributed by atoms with Crippen molar-refractivity contribution in [2.45, 2.75) is 72.8 Å². The number of nitrogens with zero attached hydrogens (tertiary/aromatic N) is 1. The molecule has 0 aliphatic heterocycles. The molecule has 0 fully saturated rings. The first-order valence-corrected chi connectivity index (χ1v) is 10.4. The molecule has 1 rings (SSSR count). The summed E-state index contributed by atoms with van der Waals surface area (Å²) >= 11 is 0. The fourth-order valence-electron chi connectivity index (χ4n) is 2.39. The van der Waals surface area contributed by atoms with Gasteiger partial charge in [0, 0.05) is 19.6 Å². The predicted molar refractivity (Wildman–Crippen MR) is 133 cm³/mol. The first-order chi connectivity index (χ1) is 13.7. The second-order valence-corrected chi connectivity index (χ2v) is 8.08. The molecular weight excluding hydrogens is 495 g/mol. The van der Waals surface area contributed by atoms with Crippen LogP contribution in [0.1, 0.15) is 59.1 Å². The van der Waals surface area contributed by atoms with Gasteiger partial charge in [0.25, 0.3) is 0 Å². The van der Waals surface area contributed by atoms with E-state index in [0.717, 1.165) is 30.1 Å². The Morgan fingerprint density at radius 3 is 2.40 bits per heavy atom. The molecule has 3 N–H and O–H groups in total. The van der Waals surface area contributed by atoms with Crippen molar-refractivity contribution in [3.05, 3.63) is 35.4 Å². The van der Waals surface area contributed by atoms with Gasteiger partial charge in [0.2, 0.25) is 0 Å². The number of hydrogen-bond acceptors (Lipinski definition) is 4. The van der Waals surface area contributed by atoms with Crippen LogP contribution in [-0.4, -0.2) is 43.4 Å². The summed E-state index contributed by atoms with van der Waals surface area (Å²) in [6, 6.07) is 8.29. The SMILES string of the molecule is CCNC(=NCc1cccc(COC(C)C)c1)NCCCNC(=O)OC(C)(C)C.I. The highest BCUT2D eigenvalue weighted by molar-refractivity contribution is 14.0. The molecule has 0 aromatic heterocycles. The van der Waals surface area contributed by atoms with Crippen LogP contribution in [0.3, 0.4) is 0 Å². The summed E-state index contributed by atoms with van der Waals surface area (Å²) in [4.78, 5) is 16.3. The third-order valence-corrected chi connectivity index (χ3v) is 3.65. The topological polar surface area (TPSA) is 84.0 Å². The van der Waals surface area contributed by atoms with E-state index in [2.05, 4.69) is 39.1 Å². The summed E-state index contributed by atoms with van der Waals surface area (Å²) in [7, 11) is 0. The van der Waals surface area contributed by atoms with Crippen LogP contribution < -0.4 is 16.0 Å². The molecule has 0 heterocycles. The zero-order valence-electron chi connectivity index (χ0n) is 19.2. The van der Waals surface area contributed by atoms with Gasteiger partial charge in [-0.2, -0.15) is 0 Å². The van der Waals surface area contributed by atoms with E-state index >= 15 is 0 Å². The number of carbonyl (C=O) groups is 1. The van der Waals surface area contributed by atoms with Crippen LogP contribution in [-0.2, 0) is 22.6 Å². The van der Waals surface area contributed by atoms with Gasteiger partial charge in [0.15, 0.2) is 5.96 Å². The Balaban J connectivity index is 0.00000841. The molecular formula is C22H39IN4O3. The summed E-state index contributed by atoms with van der Waals surface area (Å²) in [6.45, 7) is 14.9. The Morgan fingerprint density at radius 2 is 1.77 bits per heavy atom. The number of benzene rings is 1. The lowest BCUT2D eigenvalue weighted by molar-refractivity contribution is 0.0527. The summed E-state index contributed by atoms with van der Waals surface area (Å²) < 4.78 is 10.9. The van der Waals surface area contributed by atoms with Crippen molar-refractivity contribution >= 4 is 36.0 Å². The molecule has 0 atom stereocenters. The molecule has 0 unspecified atom stereocenters. The Morgan fingerprint density at radius 1 is 1.10 bits per heavy atom. The van der Waals surface area contributed by atoms with Crippen LogP contribution >= 0.6 is 24.0 Å². The molecule has 0 bridgehead atoms. The molecule has 0 aliphatic rings. The predicted octanol–water partition coefficient (Wildman–Crippen LogP) is 4.20. The average Bonchev–Trinajstić information content (AvgIpc) is 2.63. The van der Waals surface area contributed by atoms with Crippen molar-refractivity contribution in [2.24, 2.45) is 4.99 Å². The van der Waals surface area contributed by atoms with Crippen LogP contribution in [0.5, 0.6) is 0 Å². The number of alkyl carbamates (subject to hydrolysis) is 1. The first-order valence-electron chi connectivity index (χ1n) is 10.4. The number of amides is 1. The lowest BCUT2D eigenvalue weighted by Gasteiger charge is -2.19. The molecule has 1 amide bonds. The third kappa shape index (κ3) is 14.4. The minimum Gasteiger partial charge on any atom is -0.444 e. The Kier molecular flexibility index (Phi) is 14.5. The largest absolute Gasteiger partial charge is 0.444 e. The molecule has 0 aliphatic carbocycles. The van der Waals surface area contributed by atoms with Gasteiger partial charge < -0.3 is 25.4 Å². The van der Waals surface area contributed by atoms with E-state index in [-0.39, 0.29) is 36.2 Å². The lowest BCUT2D eigenvalue weighted by Crippen LogP contribution is -2.39. The zero-order valence-corrected chi connectivity index (χ0v) is 21.5. The highest BCUT2D eigenvalue weighted by Crippen LogP contribution is 2.09. The standard InChI is InChI=1S/C22H38N4O3.HI/c1-7-23-20(24-12-9-13-25-21(27)29-22(4,5)6)26-15-18-10-8-11-19(14-18)16-28-17(2)3;/h8,10-11,14,17H,7,9,12-13,15-16H2,1-6H3,(H,25,27)(H2,23,24,26);1H. The Hall–Kier alpha value is -1.55. The molecule has 8 heteroatoms. The lowest BCUT2D eigenvalue weighted by atomic mass is 10.1. The van der Waals surface area contributed by atoms with Crippen molar-refractivity contribution < 1.29 is 14.3 Å². The van der Waals surface area contributed by atoms with Crippen molar-refractivity contribution in [2.75, 3.05) is 19.6 Å². The number of aliphatic imine (C=N–C) groups is 1. The van der Waals surface area contributed by atoms with Gasteiger partial charge in [-0.25, -0.2) is 9.79 Å². The van der Waals surface area contributed by atoms with E-state index in [1.54, 1.807) is 0 Å². The summed E-state index contributed by atoms with van der Waals surface area (Å²) in [6.07, 6.45) is 0.594. The van der Waals surface area contributed by atoms with Crippen LogP contribution in [0.25, 0.3) is 0 Å². The number of ether oxygens (including phenoxy) is 2. The minimum atomic E-state index is -0.481. The normalized spacial score (nSPS) is 11.6. The number of guanidine groups is 1. The average molecular weight is 534 g/mol. The van der Waals surface area contributed by atoms with E-state index in [1.807, 2.05) is 47.6 Å². The number of halogens is 1. The zero-order chi connectivity index (χ0) is 21.7. The highest BCUT2D eigenvalue weighted by Gasteiger charge is 2.15. The van der Waals surface area contributed by atoms with Crippen LogP contribution in [0.15, 0.2) is 29.3 Å². The monoisotopic (exact) mass is 534 g/mol. The van der Waals surface area contributed by atoms with E-state index < -0.39 is 5.60 Å². The molecule has 172 valence electrons. The quantitative estimate of drug-likeness (QED) is 0.181. The van der Waals surface area contributed by atoms with Gasteiger partial charge in [-0.1, -0.05) is 24.3 Å². The minimum absolute atomic E-state index is 0. The second-order valence-electron chi connectivity index (χ2n) is 8.08. The van der Waals surface area contributed by atoms with Gasteiger partial charge in [-0.15, -0.1) is 24.0 Å². The molecule has 1 aromatic rings. The van der Waals surface area contributed by atoms with Gasteiger partial charge in [-0.3, -0.25) is 0 Å². The number of hydrogen-bond donors (Lipinski definition) is 3. The van der Waals surface area contributed by atoms with E-state index in [1.165, 1.54) is 0 Å². The number of rotatable bonds is 10. The fraction of sp³-hybridized carbons (Fsp3) is 0.636. The third-order valence-electron chi connectivity index (χ3n) is 3.65. The maximum Gasteiger partial charge on any atom is 0.407 e. The summed E-state index contributed by atoms with van der Waals surface area (Å²) in [5, 5.41) is 9.29. The molecule has 0 radical (unpaired) electrons. The molecule has 0 saturated carbocycles. The van der Waals surface area contributed by atoms with Crippen molar-refractivity contribution in [1.29, 1.82) is 0 Å². The van der Waals surface area contributed by atoms with Crippen LogP contribution in [0.4, 0.5) is 4.79 Å². The first kappa shape index (κ1) is 28.5. The molecule has 30 heavy (non-hydrogen) atoms. The second kappa shape index (κ2) is 15.3. The summed E-state index contributed by atoms with van der Waals surface area (Å²) in [5.41, 5.74) is 1.81. The van der Waals surface area contributed by atoms with E-state index in [0.29, 0.717) is 26.2 Å². The Labute approximate surface area is 198 Å². The number of carbonyl (C=O) groups excluding carboxylic acids is 1. The maximum atomic E-state index is 11.6.